The van der Waals surface area contributed by atoms with Crippen molar-refractivity contribution < 1.29 is 4.52 Å². The summed E-state index contributed by atoms with van der Waals surface area (Å²) in [5.74, 6) is 1.74. The molecular weight excluding hydrogens is 204 g/mol. The molecule has 2 N–H and O–H groups in total. The molecule has 1 saturated carbocycles. The van der Waals surface area contributed by atoms with Gasteiger partial charge in [0.25, 0.3) is 0 Å². The Morgan fingerprint density at radius 3 is 3.00 bits per heavy atom. The molecule has 2 aromatic heterocycles. The van der Waals surface area contributed by atoms with E-state index in [1.165, 1.54) is 0 Å². The van der Waals surface area contributed by atoms with Gasteiger partial charge in [0.1, 0.15) is 6.04 Å². The third-order valence-electron chi connectivity index (χ3n) is 2.71. The number of pyridine rings is 1. The number of nitrogens with zero attached hydrogens (tertiary/aromatic N) is 3. The highest BCUT2D eigenvalue weighted by Gasteiger charge is 2.29. The summed E-state index contributed by atoms with van der Waals surface area (Å²) in [5.41, 5.74) is 6.90. The minimum atomic E-state index is -0.381. The summed E-state index contributed by atoms with van der Waals surface area (Å²) in [5, 5.41) is 3.94. The topological polar surface area (TPSA) is 77.8 Å². The molecule has 0 radical (unpaired) electrons. The van der Waals surface area contributed by atoms with Gasteiger partial charge < -0.3 is 10.3 Å². The molecule has 1 aliphatic carbocycles. The van der Waals surface area contributed by atoms with Crippen LogP contribution >= 0.6 is 0 Å². The first kappa shape index (κ1) is 9.47. The van der Waals surface area contributed by atoms with Crippen LogP contribution in [0.15, 0.2) is 29.0 Å². The van der Waals surface area contributed by atoms with Crippen LogP contribution in [0, 0.1) is 0 Å². The van der Waals surface area contributed by atoms with Crippen molar-refractivity contribution in [3.05, 3.63) is 41.8 Å². The van der Waals surface area contributed by atoms with E-state index in [0.29, 0.717) is 11.8 Å². The number of aromatic nitrogens is 3. The molecule has 1 aliphatic rings. The number of hydrogen-bond donors (Lipinski definition) is 1. The molecule has 0 saturated heterocycles. The van der Waals surface area contributed by atoms with Crippen molar-refractivity contribution in [2.24, 2.45) is 5.73 Å². The van der Waals surface area contributed by atoms with E-state index >= 15 is 0 Å². The lowest BCUT2D eigenvalue weighted by molar-refractivity contribution is 0.362. The minimum Gasteiger partial charge on any atom is -0.337 e. The molecule has 1 atom stereocenters. The summed E-state index contributed by atoms with van der Waals surface area (Å²) in [4.78, 5) is 8.33. The second kappa shape index (κ2) is 3.68. The zero-order chi connectivity index (χ0) is 11.0. The van der Waals surface area contributed by atoms with Crippen LogP contribution in [0.25, 0.3) is 0 Å². The van der Waals surface area contributed by atoms with E-state index in [2.05, 4.69) is 15.1 Å². The highest BCUT2D eigenvalue weighted by atomic mass is 16.5. The Labute approximate surface area is 92.7 Å². The smallest absolute Gasteiger partial charge is 0.248 e. The first-order valence-corrected chi connectivity index (χ1v) is 5.33. The van der Waals surface area contributed by atoms with Gasteiger partial charge in [0.15, 0.2) is 5.82 Å². The second-order valence-electron chi connectivity index (χ2n) is 4.03. The van der Waals surface area contributed by atoms with Crippen molar-refractivity contribution in [1.82, 2.24) is 15.1 Å². The van der Waals surface area contributed by atoms with Crippen LogP contribution in [-0.4, -0.2) is 15.1 Å². The molecule has 5 nitrogen and oxygen atoms in total. The number of hydrogen-bond acceptors (Lipinski definition) is 5. The SMILES string of the molecule is N[C@H](c1cccnc1)c1nc(C2CC2)no1. The molecule has 0 aliphatic heterocycles. The van der Waals surface area contributed by atoms with Crippen molar-refractivity contribution in [1.29, 1.82) is 0 Å². The van der Waals surface area contributed by atoms with Crippen molar-refractivity contribution >= 4 is 0 Å². The number of rotatable bonds is 3. The lowest BCUT2D eigenvalue weighted by Crippen LogP contribution is -2.12. The van der Waals surface area contributed by atoms with Gasteiger partial charge in [-0.2, -0.15) is 4.98 Å². The minimum absolute atomic E-state index is 0.381. The third-order valence-corrected chi connectivity index (χ3v) is 2.71. The lowest BCUT2D eigenvalue weighted by Gasteiger charge is -2.04. The van der Waals surface area contributed by atoms with Crippen LogP contribution in [0.2, 0.25) is 0 Å². The summed E-state index contributed by atoms with van der Waals surface area (Å²) in [6.07, 6.45) is 5.73. The molecule has 2 heterocycles. The molecule has 2 aromatic rings. The Bertz CT molecular complexity index is 478. The normalized spacial score (nSPS) is 17.3. The van der Waals surface area contributed by atoms with Crippen molar-refractivity contribution in [2.45, 2.75) is 24.8 Å². The van der Waals surface area contributed by atoms with Gasteiger partial charge in [0, 0.05) is 18.3 Å². The Hall–Kier alpha value is -1.75. The van der Waals surface area contributed by atoms with E-state index in [1.54, 1.807) is 12.4 Å². The van der Waals surface area contributed by atoms with Crippen LogP contribution in [0.3, 0.4) is 0 Å². The molecule has 0 unspecified atom stereocenters. The first-order valence-electron chi connectivity index (χ1n) is 5.33. The monoisotopic (exact) mass is 216 g/mol. The summed E-state index contributed by atoms with van der Waals surface area (Å²) < 4.78 is 5.17. The fourth-order valence-corrected chi connectivity index (χ4v) is 1.58. The van der Waals surface area contributed by atoms with Gasteiger partial charge in [-0.25, -0.2) is 0 Å². The van der Waals surface area contributed by atoms with E-state index in [0.717, 1.165) is 24.2 Å². The standard InChI is InChI=1S/C11H12N4O/c12-9(8-2-1-5-13-6-8)11-14-10(15-16-11)7-3-4-7/h1-2,5-7,9H,3-4,12H2/t9-/m1/s1. The third kappa shape index (κ3) is 1.69. The van der Waals surface area contributed by atoms with Gasteiger partial charge in [0.05, 0.1) is 0 Å². The summed E-state index contributed by atoms with van der Waals surface area (Å²) >= 11 is 0. The average molecular weight is 216 g/mol. The van der Waals surface area contributed by atoms with Gasteiger partial charge >= 0.3 is 0 Å². The Kier molecular flexibility index (Phi) is 2.18. The number of nitrogens with two attached hydrogens (primary N) is 1. The van der Waals surface area contributed by atoms with Crippen molar-refractivity contribution in [3.8, 4) is 0 Å². The summed E-state index contributed by atoms with van der Waals surface area (Å²) in [6, 6.07) is 3.36. The molecule has 3 rings (SSSR count). The molecule has 0 amide bonds. The maximum absolute atomic E-state index is 6.01. The zero-order valence-corrected chi connectivity index (χ0v) is 8.71. The van der Waals surface area contributed by atoms with E-state index in [-0.39, 0.29) is 6.04 Å². The van der Waals surface area contributed by atoms with E-state index in [9.17, 15) is 0 Å². The Morgan fingerprint density at radius 2 is 2.31 bits per heavy atom. The molecule has 82 valence electrons. The van der Waals surface area contributed by atoms with Crippen LogP contribution < -0.4 is 5.73 Å². The maximum Gasteiger partial charge on any atom is 0.248 e. The second-order valence-corrected chi connectivity index (χ2v) is 4.03. The Balaban J connectivity index is 1.85. The van der Waals surface area contributed by atoms with Gasteiger partial charge in [-0.15, -0.1) is 0 Å². The Morgan fingerprint density at radius 1 is 1.44 bits per heavy atom. The average Bonchev–Trinajstić information content (AvgIpc) is 3.08. The summed E-state index contributed by atoms with van der Waals surface area (Å²) in [7, 11) is 0. The highest BCUT2D eigenvalue weighted by molar-refractivity contribution is 5.19. The molecule has 0 aromatic carbocycles. The predicted molar refractivity (Wildman–Crippen MR) is 56.5 cm³/mol. The molecule has 5 heteroatoms. The van der Waals surface area contributed by atoms with E-state index < -0.39 is 0 Å². The van der Waals surface area contributed by atoms with Gasteiger partial charge in [-0.05, 0) is 24.5 Å². The summed E-state index contributed by atoms with van der Waals surface area (Å²) in [6.45, 7) is 0. The molecule has 1 fully saturated rings. The molecule has 0 spiro atoms. The fourth-order valence-electron chi connectivity index (χ4n) is 1.58. The van der Waals surface area contributed by atoms with Gasteiger partial charge in [0.2, 0.25) is 5.89 Å². The fraction of sp³-hybridized carbons (Fsp3) is 0.364. The first-order chi connectivity index (χ1) is 7.84. The maximum atomic E-state index is 6.01. The van der Waals surface area contributed by atoms with Gasteiger partial charge in [-0.3, -0.25) is 4.98 Å². The van der Waals surface area contributed by atoms with E-state index in [1.807, 2.05) is 12.1 Å². The van der Waals surface area contributed by atoms with Crippen LogP contribution in [0.4, 0.5) is 0 Å². The molecular formula is C11H12N4O. The lowest BCUT2D eigenvalue weighted by atomic mass is 10.1. The largest absolute Gasteiger partial charge is 0.337 e. The van der Waals surface area contributed by atoms with Crippen molar-refractivity contribution in [3.63, 3.8) is 0 Å². The quantitative estimate of drug-likeness (QED) is 0.838. The van der Waals surface area contributed by atoms with Crippen molar-refractivity contribution in [2.75, 3.05) is 0 Å². The van der Waals surface area contributed by atoms with Crippen LogP contribution in [0.5, 0.6) is 0 Å². The van der Waals surface area contributed by atoms with Crippen LogP contribution in [0.1, 0.15) is 42.1 Å². The molecule has 0 bridgehead atoms. The highest BCUT2D eigenvalue weighted by Crippen LogP contribution is 2.38. The zero-order valence-electron chi connectivity index (χ0n) is 8.71. The van der Waals surface area contributed by atoms with Gasteiger partial charge in [-0.1, -0.05) is 11.2 Å². The van der Waals surface area contributed by atoms with E-state index in [4.69, 9.17) is 10.3 Å². The van der Waals surface area contributed by atoms with Crippen LogP contribution in [-0.2, 0) is 0 Å². The molecule has 16 heavy (non-hydrogen) atoms. The predicted octanol–water partition coefficient (Wildman–Crippen LogP) is 1.39.